The van der Waals surface area contributed by atoms with E-state index < -0.39 is 0 Å². The number of nitrogens with zero attached hydrogens (tertiary/aromatic N) is 1. The second-order valence-electron chi connectivity index (χ2n) is 4.93. The third-order valence-electron chi connectivity index (χ3n) is 3.38. The van der Waals surface area contributed by atoms with Crippen LogP contribution in [-0.4, -0.2) is 18.2 Å². The molecule has 0 spiro atoms. The predicted octanol–water partition coefficient (Wildman–Crippen LogP) is 3.30. The quantitative estimate of drug-likeness (QED) is 0.840. The number of rotatable bonds is 2. The van der Waals surface area contributed by atoms with E-state index in [1.165, 1.54) is 0 Å². The van der Waals surface area contributed by atoms with Crippen molar-refractivity contribution in [2.45, 2.75) is 26.1 Å². The van der Waals surface area contributed by atoms with E-state index in [-0.39, 0.29) is 12.2 Å². The van der Waals surface area contributed by atoms with E-state index in [4.69, 9.17) is 14.2 Å². The number of methoxy groups -OCH3 is 1. The van der Waals surface area contributed by atoms with E-state index in [1.807, 2.05) is 44.2 Å². The van der Waals surface area contributed by atoms with Crippen molar-refractivity contribution in [3.05, 3.63) is 47.8 Å². The maximum Gasteiger partial charge on any atom is 0.177 e. The van der Waals surface area contributed by atoms with E-state index in [2.05, 4.69) is 4.98 Å². The minimum atomic E-state index is -0.213. The predicted molar refractivity (Wildman–Crippen MR) is 75.4 cm³/mol. The highest BCUT2D eigenvalue weighted by atomic mass is 16.6. The standard InChI is InChI=1S/C16H17NO3/c1-10-4-7-14-15(8-10)20-16(11(2)19-14)13-6-5-12(18-3)9-17-13/h4-9,11,16H,1-3H3. The molecule has 20 heavy (non-hydrogen) atoms. The van der Waals surface area contributed by atoms with Crippen LogP contribution in [0, 0.1) is 6.92 Å². The van der Waals surface area contributed by atoms with Crippen molar-refractivity contribution in [2.75, 3.05) is 7.11 Å². The van der Waals surface area contributed by atoms with Gasteiger partial charge in [0.15, 0.2) is 17.6 Å². The molecule has 104 valence electrons. The minimum Gasteiger partial charge on any atom is -0.495 e. The Labute approximate surface area is 118 Å². The lowest BCUT2D eigenvalue weighted by atomic mass is 10.1. The second kappa shape index (κ2) is 5.04. The monoisotopic (exact) mass is 271 g/mol. The van der Waals surface area contributed by atoms with Crippen LogP contribution in [0.25, 0.3) is 0 Å². The van der Waals surface area contributed by atoms with Crippen LogP contribution in [0.2, 0.25) is 0 Å². The first-order valence-corrected chi connectivity index (χ1v) is 6.61. The topological polar surface area (TPSA) is 40.6 Å². The molecule has 0 radical (unpaired) electrons. The smallest absolute Gasteiger partial charge is 0.177 e. The Morgan fingerprint density at radius 1 is 1.10 bits per heavy atom. The Morgan fingerprint density at radius 3 is 2.65 bits per heavy atom. The van der Waals surface area contributed by atoms with Crippen molar-refractivity contribution in [2.24, 2.45) is 0 Å². The molecule has 2 atom stereocenters. The highest BCUT2D eigenvalue weighted by Crippen LogP contribution is 2.39. The van der Waals surface area contributed by atoms with Crippen molar-refractivity contribution in [1.82, 2.24) is 4.98 Å². The molecular formula is C16H17NO3. The van der Waals surface area contributed by atoms with Crippen LogP contribution in [0.4, 0.5) is 0 Å². The second-order valence-corrected chi connectivity index (χ2v) is 4.93. The van der Waals surface area contributed by atoms with E-state index in [0.717, 1.165) is 28.5 Å². The summed E-state index contributed by atoms with van der Waals surface area (Å²) < 4.78 is 17.1. The summed E-state index contributed by atoms with van der Waals surface area (Å²) in [5.41, 5.74) is 1.98. The molecule has 2 aromatic rings. The molecule has 2 heterocycles. The minimum absolute atomic E-state index is 0.0916. The third kappa shape index (κ3) is 2.29. The molecule has 0 N–H and O–H groups in total. The SMILES string of the molecule is COc1ccc(C2Oc3cc(C)ccc3OC2C)nc1. The molecule has 0 aliphatic carbocycles. The molecule has 1 aromatic carbocycles. The van der Waals surface area contributed by atoms with Gasteiger partial charge in [-0.1, -0.05) is 6.07 Å². The van der Waals surface area contributed by atoms with Gasteiger partial charge in [0.2, 0.25) is 0 Å². The number of ether oxygens (including phenoxy) is 3. The number of fused-ring (bicyclic) bond motifs is 1. The fraction of sp³-hybridized carbons (Fsp3) is 0.312. The summed E-state index contributed by atoms with van der Waals surface area (Å²) in [7, 11) is 1.62. The zero-order valence-corrected chi connectivity index (χ0v) is 11.8. The van der Waals surface area contributed by atoms with Crippen molar-refractivity contribution < 1.29 is 14.2 Å². The Bertz CT molecular complexity index is 610. The molecule has 0 saturated carbocycles. The molecule has 0 bridgehead atoms. The van der Waals surface area contributed by atoms with Gasteiger partial charge < -0.3 is 14.2 Å². The first-order valence-electron chi connectivity index (χ1n) is 6.61. The largest absolute Gasteiger partial charge is 0.495 e. The summed E-state index contributed by atoms with van der Waals surface area (Å²) in [6.07, 6.45) is 1.39. The molecule has 2 unspecified atom stereocenters. The fourth-order valence-electron chi connectivity index (χ4n) is 2.28. The molecule has 0 amide bonds. The molecule has 1 aromatic heterocycles. The molecule has 0 fully saturated rings. The molecule has 1 aliphatic heterocycles. The van der Waals surface area contributed by atoms with Gasteiger partial charge in [0.1, 0.15) is 11.9 Å². The zero-order chi connectivity index (χ0) is 14.1. The van der Waals surface area contributed by atoms with Crippen LogP contribution in [0.5, 0.6) is 17.2 Å². The fourth-order valence-corrected chi connectivity index (χ4v) is 2.28. The van der Waals surface area contributed by atoms with E-state index in [0.29, 0.717) is 0 Å². The van der Waals surface area contributed by atoms with Gasteiger partial charge in [-0.3, -0.25) is 4.98 Å². The van der Waals surface area contributed by atoms with Gasteiger partial charge in [0.05, 0.1) is 19.0 Å². The molecule has 0 saturated heterocycles. The zero-order valence-electron chi connectivity index (χ0n) is 11.8. The Kier molecular flexibility index (Phi) is 3.22. The van der Waals surface area contributed by atoms with E-state index >= 15 is 0 Å². The van der Waals surface area contributed by atoms with Gasteiger partial charge in [-0.25, -0.2) is 0 Å². The van der Waals surface area contributed by atoms with Crippen LogP contribution < -0.4 is 14.2 Å². The van der Waals surface area contributed by atoms with Crippen LogP contribution in [-0.2, 0) is 0 Å². The van der Waals surface area contributed by atoms with Crippen molar-refractivity contribution in [1.29, 1.82) is 0 Å². The van der Waals surface area contributed by atoms with Gasteiger partial charge in [-0.05, 0) is 43.7 Å². The Hall–Kier alpha value is -2.23. The van der Waals surface area contributed by atoms with E-state index in [1.54, 1.807) is 13.3 Å². The maximum absolute atomic E-state index is 6.06. The normalized spacial score (nSPS) is 20.6. The summed E-state index contributed by atoms with van der Waals surface area (Å²) in [4.78, 5) is 4.39. The average Bonchev–Trinajstić information content (AvgIpc) is 2.47. The highest BCUT2D eigenvalue weighted by molar-refractivity contribution is 5.44. The van der Waals surface area contributed by atoms with Crippen molar-refractivity contribution in [3.8, 4) is 17.2 Å². The number of aryl methyl sites for hydroxylation is 1. The summed E-state index contributed by atoms with van der Waals surface area (Å²) >= 11 is 0. The average molecular weight is 271 g/mol. The van der Waals surface area contributed by atoms with Crippen LogP contribution >= 0.6 is 0 Å². The van der Waals surface area contributed by atoms with Crippen molar-refractivity contribution in [3.63, 3.8) is 0 Å². The third-order valence-corrected chi connectivity index (χ3v) is 3.38. The molecular weight excluding hydrogens is 254 g/mol. The maximum atomic E-state index is 6.06. The van der Waals surface area contributed by atoms with Crippen molar-refractivity contribution >= 4 is 0 Å². The highest BCUT2D eigenvalue weighted by Gasteiger charge is 2.30. The van der Waals surface area contributed by atoms with Gasteiger partial charge in [0.25, 0.3) is 0 Å². The van der Waals surface area contributed by atoms with Gasteiger partial charge >= 0.3 is 0 Å². The lowest BCUT2D eigenvalue weighted by molar-refractivity contribution is 0.0281. The first kappa shape index (κ1) is 12.8. The number of aromatic nitrogens is 1. The van der Waals surface area contributed by atoms with Crippen LogP contribution in [0.3, 0.4) is 0 Å². The lowest BCUT2D eigenvalue weighted by Crippen LogP contribution is -2.31. The Morgan fingerprint density at radius 2 is 1.95 bits per heavy atom. The summed E-state index contributed by atoms with van der Waals surface area (Å²) in [5, 5.41) is 0. The van der Waals surface area contributed by atoms with Crippen LogP contribution in [0.15, 0.2) is 36.5 Å². The number of pyridine rings is 1. The molecule has 1 aliphatic rings. The number of benzene rings is 1. The van der Waals surface area contributed by atoms with E-state index in [9.17, 15) is 0 Å². The van der Waals surface area contributed by atoms with Gasteiger partial charge in [0, 0.05) is 0 Å². The first-order chi connectivity index (χ1) is 9.67. The molecule has 4 heteroatoms. The van der Waals surface area contributed by atoms with Gasteiger partial charge in [-0.2, -0.15) is 0 Å². The van der Waals surface area contributed by atoms with Crippen LogP contribution in [0.1, 0.15) is 24.3 Å². The summed E-state index contributed by atoms with van der Waals surface area (Å²) in [6.45, 7) is 4.02. The lowest BCUT2D eigenvalue weighted by Gasteiger charge is -2.31. The van der Waals surface area contributed by atoms with Gasteiger partial charge in [-0.15, -0.1) is 0 Å². The molecule has 3 rings (SSSR count). The molecule has 4 nitrogen and oxygen atoms in total. The number of hydrogen-bond acceptors (Lipinski definition) is 4. The number of hydrogen-bond donors (Lipinski definition) is 0. The summed E-state index contributed by atoms with van der Waals surface area (Å²) in [5.74, 6) is 2.29. The summed E-state index contributed by atoms with van der Waals surface area (Å²) in [6, 6.07) is 9.73. The Balaban J connectivity index is 1.90.